The second-order valence-electron chi connectivity index (χ2n) is 10.8. The number of fused-ring (bicyclic) bond motifs is 4. The van der Waals surface area contributed by atoms with Gasteiger partial charge in [0, 0.05) is 40.2 Å². The molecule has 1 N–H and O–H groups in total. The van der Waals surface area contributed by atoms with Gasteiger partial charge in [-0.15, -0.1) is 0 Å². The van der Waals surface area contributed by atoms with E-state index in [9.17, 15) is 9.90 Å². The SMILES string of the molecule is Cc1c2c(nn1C)COCc1conc1Cn1c(C(=O)O)c(CCCOc3cccc4ccccc34)c3ccc(Cl)c-2c31. The van der Waals surface area contributed by atoms with Crippen LogP contribution in [0.4, 0.5) is 0 Å². The number of ether oxygens (including phenoxy) is 2. The van der Waals surface area contributed by atoms with E-state index in [-0.39, 0.29) is 25.5 Å². The molecule has 43 heavy (non-hydrogen) atoms. The third-order valence-corrected chi connectivity index (χ3v) is 8.56. The van der Waals surface area contributed by atoms with Crippen molar-refractivity contribution >= 4 is 39.2 Å². The molecule has 1 aliphatic rings. The molecule has 0 aliphatic carbocycles. The third kappa shape index (κ3) is 4.65. The largest absolute Gasteiger partial charge is 0.493 e. The third-order valence-electron chi connectivity index (χ3n) is 8.25. The number of nitrogens with zero attached hydrogens (tertiary/aromatic N) is 4. The fourth-order valence-electron chi connectivity index (χ4n) is 6.18. The summed E-state index contributed by atoms with van der Waals surface area (Å²) in [5, 5.41) is 23.1. The van der Waals surface area contributed by atoms with E-state index >= 15 is 0 Å². The number of hydrogen-bond acceptors (Lipinski definition) is 6. The second-order valence-corrected chi connectivity index (χ2v) is 11.2. The molecule has 0 spiro atoms. The molecule has 0 unspecified atom stereocenters. The van der Waals surface area contributed by atoms with Gasteiger partial charge in [0.25, 0.3) is 0 Å². The highest BCUT2D eigenvalue weighted by atomic mass is 35.5. The molecule has 218 valence electrons. The van der Waals surface area contributed by atoms with Crippen molar-refractivity contribution in [2.45, 2.75) is 39.5 Å². The van der Waals surface area contributed by atoms with Gasteiger partial charge in [0.1, 0.15) is 23.4 Å². The normalized spacial score (nSPS) is 13.1. The van der Waals surface area contributed by atoms with E-state index in [1.807, 2.05) is 61.0 Å². The Kier molecular flexibility index (Phi) is 6.91. The van der Waals surface area contributed by atoms with Crippen molar-refractivity contribution in [1.82, 2.24) is 19.5 Å². The average molecular weight is 597 g/mol. The Labute approximate surface area is 252 Å². The molecule has 1 aliphatic heterocycles. The standard InChI is InChI=1S/C33H29ClN4O5/c1-19-29-27(35-37(19)2)18-41-16-21-17-43-36-26(21)15-38-31-24(12-13-25(34)30(29)31)23(32(38)33(39)40)10-6-14-42-28-11-5-8-20-7-3-4-9-22(20)28/h3-5,7-9,11-13,17H,6,10,14-16,18H2,1-2H3,(H,39,40). The Morgan fingerprint density at radius 3 is 2.74 bits per heavy atom. The zero-order chi connectivity index (χ0) is 29.7. The monoisotopic (exact) mass is 596 g/mol. The molecule has 0 bridgehead atoms. The average Bonchev–Trinajstić information content (AvgIpc) is 3.65. The molecule has 0 amide bonds. The Morgan fingerprint density at radius 2 is 1.88 bits per heavy atom. The van der Waals surface area contributed by atoms with Crippen molar-refractivity contribution in [2.75, 3.05) is 6.61 Å². The second kappa shape index (κ2) is 10.9. The number of aromatic carboxylic acids is 1. The summed E-state index contributed by atoms with van der Waals surface area (Å²) in [7, 11) is 1.88. The molecule has 10 heteroatoms. The smallest absolute Gasteiger partial charge is 0.352 e. The Morgan fingerprint density at radius 1 is 1.05 bits per heavy atom. The maximum absolute atomic E-state index is 13.0. The van der Waals surface area contributed by atoms with Crippen molar-refractivity contribution in [2.24, 2.45) is 7.05 Å². The molecule has 3 aromatic carbocycles. The molecule has 3 aromatic heterocycles. The first-order valence-corrected chi connectivity index (χ1v) is 14.5. The fraction of sp³-hybridized carbons (Fsp3) is 0.242. The van der Waals surface area contributed by atoms with Crippen LogP contribution in [0.3, 0.4) is 0 Å². The molecule has 0 saturated heterocycles. The van der Waals surface area contributed by atoms with Gasteiger partial charge in [-0.25, -0.2) is 4.79 Å². The first-order chi connectivity index (χ1) is 20.9. The summed E-state index contributed by atoms with van der Waals surface area (Å²) in [5.74, 6) is -0.217. The van der Waals surface area contributed by atoms with Crippen LogP contribution in [0.5, 0.6) is 5.75 Å². The van der Waals surface area contributed by atoms with E-state index in [2.05, 4.69) is 17.3 Å². The number of aromatic nitrogens is 4. The quantitative estimate of drug-likeness (QED) is 0.208. The molecule has 6 aromatic rings. The van der Waals surface area contributed by atoms with E-state index in [1.54, 1.807) is 10.9 Å². The summed E-state index contributed by atoms with van der Waals surface area (Å²) in [6.07, 6.45) is 2.65. The zero-order valence-electron chi connectivity index (χ0n) is 23.8. The summed E-state index contributed by atoms with van der Waals surface area (Å²) in [4.78, 5) is 13.0. The summed E-state index contributed by atoms with van der Waals surface area (Å²) in [6, 6.07) is 17.8. The Balaban J connectivity index is 1.35. The predicted molar refractivity (Wildman–Crippen MR) is 163 cm³/mol. The topological polar surface area (TPSA) is 105 Å². The van der Waals surface area contributed by atoms with Crippen LogP contribution in [-0.4, -0.2) is 37.2 Å². The van der Waals surface area contributed by atoms with Gasteiger partial charge in [0.05, 0.1) is 42.6 Å². The minimum absolute atomic E-state index is 0.182. The van der Waals surface area contributed by atoms with E-state index in [1.165, 1.54) is 0 Å². The predicted octanol–water partition coefficient (Wildman–Crippen LogP) is 6.93. The highest BCUT2D eigenvalue weighted by Gasteiger charge is 2.30. The van der Waals surface area contributed by atoms with Gasteiger partial charge in [-0.3, -0.25) is 4.68 Å². The lowest BCUT2D eigenvalue weighted by atomic mass is 9.98. The van der Waals surface area contributed by atoms with Gasteiger partial charge in [-0.2, -0.15) is 5.10 Å². The molecule has 9 nitrogen and oxygen atoms in total. The van der Waals surface area contributed by atoms with E-state index in [4.69, 9.17) is 30.7 Å². The van der Waals surface area contributed by atoms with E-state index in [0.29, 0.717) is 30.2 Å². The van der Waals surface area contributed by atoms with Gasteiger partial charge < -0.3 is 23.7 Å². The number of carboxylic acid groups (broad SMARTS) is 1. The number of rotatable bonds is 6. The fourth-order valence-corrected chi connectivity index (χ4v) is 6.42. The molecule has 0 fully saturated rings. The summed E-state index contributed by atoms with van der Waals surface area (Å²) >= 11 is 6.95. The van der Waals surface area contributed by atoms with Crippen molar-refractivity contribution in [1.29, 1.82) is 0 Å². The van der Waals surface area contributed by atoms with Gasteiger partial charge in [0.15, 0.2) is 0 Å². The Bertz CT molecular complexity index is 2020. The van der Waals surface area contributed by atoms with Crippen molar-refractivity contribution < 1.29 is 23.9 Å². The summed E-state index contributed by atoms with van der Waals surface area (Å²) in [6.45, 7) is 3.09. The van der Waals surface area contributed by atoms with Crippen LogP contribution in [0.25, 0.3) is 32.8 Å². The molecule has 4 heterocycles. The number of aryl methyl sites for hydroxylation is 2. The lowest BCUT2D eigenvalue weighted by molar-refractivity contribution is 0.0684. The van der Waals surface area contributed by atoms with Gasteiger partial charge in [0.2, 0.25) is 0 Å². The molecule has 0 saturated carbocycles. The lowest BCUT2D eigenvalue weighted by Crippen LogP contribution is -2.13. The number of halogens is 1. The van der Waals surface area contributed by atoms with Crippen LogP contribution in [0.15, 0.2) is 65.4 Å². The highest BCUT2D eigenvalue weighted by Crippen LogP contribution is 2.43. The molecular formula is C33H29ClN4O5. The molecule has 0 atom stereocenters. The first-order valence-electron chi connectivity index (χ1n) is 14.1. The van der Waals surface area contributed by atoms with Crippen LogP contribution in [-0.2, 0) is 38.0 Å². The van der Waals surface area contributed by atoms with Gasteiger partial charge in [-0.05, 0) is 42.8 Å². The van der Waals surface area contributed by atoms with Gasteiger partial charge >= 0.3 is 5.97 Å². The zero-order valence-corrected chi connectivity index (χ0v) is 24.5. The van der Waals surface area contributed by atoms with Gasteiger partial charge in [-0.1, -0.05) is 59.2 Å². The van der Waals surface area contributed by atoms with E-state index < -0.39 is 5.97 Å². The summed E-state index contributed by atoms with van der Waals surface area (Å²) in [5.41, 5.74) is 6.21. The lowest BCUT2D eigenvalue weighted by Gasteiger charge is -2.13. The number of carboxylic acids is 1. The number of hydrogen-bond donors (Lipinski definition) is 1. The summed E-state index contributed by atoms with van der Waals surface area (Å²) < 4.78 is 21.1. The van der Waals surface area contributed by atoms with Crippen molar-refractivity contribution in [3.63, 3.8) is 0 Å². The molecular weight excluding hydrogens is 568 g/mol. The van der Waals surface area contributed by atoms with Crippen LogP contribution >= 0.6 is 11.6 Å². The number of carbonyl (C=O) groups is 1. The molecule has 0 radical (unpaired) electrons. The van der Waals surface area contributed by atoms with Crippen molar-refractivity contribution in [3.8, 4) is 16.9 Å². The first kappa shape index (κ1) is 27.2. The Hall–Kier alpha value is -4.60. The van der Waals surface area contributed by atoms with Crippen molar-refractivity contribution in [3.05, 3.63) is 99.8 Å². The molecule has 7 rings (SSSR count). The maximum atomic E-state index is 13.0. The van der Waals surface area contributed by atoms with Crippen LogP contribution in [0.2, 0.25) is 5.02 Å². The minimum Gasteiger partial charge on any atom is -0.493 e. The van der Waals surface area contributed by atoms with Crippen LogP contribution < -0.4 is 4.74 Å². The highest BCUT2D eigenvalue weighted by molar-refractivity contribution is 6.35. The van der Waals surface area contributed by atoms with E-state index in [0.717, 1.165) is 61.1 Å². The van der Waals surface area contributed by atoms with Crippen LogP contribution in [0, 0.1) is 6.92 Å². The maximum Gasteiger partial charge on any atom is 0.352 e. The van der Waals surface area contributed by atoms with Crippen LogP contribution in [0.1, 0.15) is 45.1 Å². The minimum atomic E-state index is -1.03. The number of benzene rings is 3.